The van der Waals surface area contributed by atoms with E-state index in [0.29, 0.717) is 24.0 Å². The molecule has 0 amide bonds. The van der Waals surface area contributed by atoms with Crippen molar-refractivity contribution < 1.29 is 18.3 Å². The summed E-state index contributed by atoms with van der Waals surface area (Å²) in [5.41, 5.74) is 0.728. The third-order valence-electron chi connectivity index (χ3n) is 3.69. The lowest BCUT2D eigenvalue weighted by atomic mass is 9.98. The van der Waals surface area contributed by atoms with Crippen molar-refractivity contribution in [2.24, 2.45) is 0 Å². The molecule has 1 heterocycles. The highest BCUT2D eigenvalue weighted by molar-refractivity contribution is 5.50. The molecule has 1 aliphatic heterocycles. The average Bonchev–Trinajstić information content (AvgIpc) is 2.89. The minimum absolute atomic E-state index is 0.0388. The normalized spacial score (nSPS) is 19.1. The number of rotatable bonds is 5. The lowest BCUT2D eigenvalue weighted by molar-refractivity contribution is 0.0171. The summed E-state index contributed by atoms with van der Waals surface area (Å²) >= 11 is 0. The summed E-state index contributed by atoms with van der Waals surface area (Å²) in [5, 5.41) is 3.37. The quantitative estimate of drug-likeness (QED) is 0.901. The molecule has 1 atom stereocenters. The second-order valence-electron chi connectivity index (χ2n) is 5.26. The fraction of sp³-hybridized carbons (Fsp3) is 0.600. The molecule has 1 fully saturated rings. The molecule has 1 aromatic rings. The predicted octanol–water partition coefficient (Wildman–Crippen LogP) is 3.11. The summed E-state index contributed by atoms with van der Waals surface area (Å²) in [6.45, 7) is 1.87. The van der Waals surface area contributed by atoms with Crippen LogP contribution in [-0.4, -0.2) is 26.8 Å². The second-order valence-corrected chi connectivity index (χ2v) is 5.26. The number of hydrogen-bond acceptors (Lipinski definition) is 3. The molecule has 0 aliphatic carbocycles. The third-order valence-corrected chi connectivity index (χ3v) is 3.69. The van der Waals surface area contributed by atoms with E-state index in [1.54, 1.807) is 0 Å². The fourth-order valence-corrected chi connectivity index (χ4v) is 2.64. The van der Waals surface area contributed by atoms with E-state index in [-0.39, 0.29) is 5.56 Å². The van der Waals surface area contributed by atoms with Crippen LogP contribution >= 0.6 is 0 Å². The molecular weight excluding hydrogens is 264 g/mol. The van der Waals surface area contributed by atoms with Crippen LogP contribution in [0.25, 0.3) is 0 Å². The highest BCUT2D eigenvalue weighted by Crippen LogP contribution is 2.39. The molecular formula is C15H21F2NO2. The van der Waals surface area contributed by atoms with Crippen molar-refractivity contribution in [3.63, 3.8) is 0 Å². The Bertz CT molecular complexity index is 466. The Hall–Kier alpha value is -1.36. The Morgan fingerprint density at radius 3 is 2.55 bits per heavy atom. The van der Waals surface area contributed by atoms with E-state index in [2.05, 4.69) is 5.32 Å². The van der Waals surface area contributed by atoms with Gasteiger partial charge in [0.2, 0.25) is 0 Å². The smallest absolute Gasteiger partial charge is 0.270 e. The van der Waals surface area contributed by atoms with Gasteiger partial charge < -0.3 is 14.8 Å². The maximum Gasteiger partial charge on any atom is 0.270 e. The number of halogens is 2. The lowest BCUT2D eigenvalue weighted by Gasteiger charge is -2.20. The van der Waals surface area contributed by atoms with Crippen molar-refractivity contribution in [2.45, 2.75) is 38.2 Å². The zero-order chi connectivity index (χ0) is 14.8. The third kappa shape index (κ3) is 3.20. The van der Waals surface area contributed by atoms with Gasteiger partial charge in [0.25, 0.3) is 5.92 Å². The van der Waals surface area contributed by atoms with Crippen LogP contribution in [0.5, 0.6) is 11.5 Å². The van der Waals surface area contributed by atoms with Gasteiger partial charge in [-0.3, -0.25) is 0 Å². The van der Waals surface area contributed by atoms with Crippen LogP contribution < -0.4 is 14.8 Å². The van der Waals surface area contributed by atoms with E-state index in [9.17, 15) is 8.78 Å². The minimum Gasteiger partial charge on any atom is -0.493 e. The van der Waals surface area contributed by atoms with Gasteiger partial charge in [-0.2, -0.15) is 0 Å². The molecule has 0 radical (unpaired) electrons. The fourth-order valence-electron chi connectivity index (χ4n) is 2.64. The molecule has 2 rings (SSSR count). The molecule has 1 saturated heterocycles. The molecule has 3 nitrogen and oxygen atoms in total. The van der Waals surface area contributed by atoms with Gasteiger partial charge in [0.05, 0.1) is 14.2 Å². The molecule has 5 heteroatoms. The Morgan fingerprint density at radius 2 is 2.05 bits per heavy atom. The van der Waals surface area contributed by atoms with Crippen molar-refractivity contribution >= 4 is 0 Å². The molecule has 20 heavy (non-hydrogen) atoms. The molecule has 1 aromatic carbocycles. The van der Waals surface area contributed by atoms with Crippen molar-refractivity contribution in [1.29, 1.82) is 0 Å². The largest absolute Gasteiger partial charge is 0.493 e. The number of ether oxygens (including phenoxy) is 2. The maximum atomic E-state index is 13.6. The summed E-state index contributed by atoms with van der Waals surface area (Å²) in [5.74, 6) is -1.98. The second kappa shape index (κ2) is 5.95. The van der Waals surface area contributed by atoms with Gasteiger partial charge in [-0.25, -0.2) is 8.78 Å². The molecule has 1 N–H and O–H groups in total. The number of alkyl halides is 2. The van der Waals surface area contributed by atoms with Crippen molar-refractivity contribution in [3.05, 3.63) is 23.3 Å². The van der Waals surface area contributed by atoms with E-state index in [0.717, 1.165) is 31.9 Å². The van der Waals surface area contributed by atoms with Gasteiger partial charge in [0, 0.05) is 24.1 Å². The first-order chi connectivity index (χ1) is 9.45. The SMILES string of the molecule is COc1cc(C(C)(F)F)cc(CC2CCCN2)c1OC. The summed E-state index contributed by atoms with van der Waals surface area (Å²) < 4.78 is 37.7. The van der Waals surface area contributed by atoms with Crippen LogP contribution in [0.3, 0.4) is 0 Å². The molecule has 1 aliphatic rings. The number of hydrogen-bond donors (Lipinski definition) is 1. The van der Waals surface area contributed by atoms with Crippen molar-refractivity contribution in [2.75, 3.05) is 20.8 Å². The van der Waals surface area contributed by atoms with Crippen LogP contribution in [-0.2, 0) is 12.3 Å². The summed E-state index contributed by atoms with van der Waals surface area (Å²) in [7, 11) is 3.00. The number of methoxy groups -OCH3 is 2. The molecule has 0 spiro atoms. The van der Waals surface area contributed by atoms with E-state index < -0.39 is 5.92 Å². The van der Waals surface area contributed by atoms with Crippen LogP contribution in [0.15, 0.2) is 12.1 Å². The first-order valence-electron chi connectivity index (χ1n) is 6.82. The van der Waals surface area contributed by atoms with Gasteiger partial charge in [-0.05, 0) is 37.9 Å². The molecule has 0 saturated carbocycles. The minimum atomic E-state index is -2.89. The average molecular weight is 285 g/mol. The van der Waals surface area contributed by atoms with Crippen molar-refractivity contribution in [3.8, 4) is 11.5 Å². The van der Waals surface area contributed by atoms with Crippen LogP contribution in [0.2, 0.25) is 0 Å². The van der Waals surface area contributed by atoms with E-state index in [1.165, 1.54) is 26.4 Å². The summed E-state index contributed by atoms with van der Waals surface area (Å²) in [6.07, 6.45) is 2.84. The lowest BCUT2D eigenvalue weighted by Crippen LogP contribution is -2.24. The maximum absolute atomic E-state index is 13.6. The summed E-state index contributed by atoms with van der Waals surface area (Å²) in [6, 6.07) is 3.19. The molecule has 1 unspecified atom stereocenters. The van der Waals surface area contributed by atoms with Gasteiger partial charge in [-0.15, -0.1) is 0 Å². The standard InChI is InChI=1S/C15H21F2NO2/c1-15(16,17)11-7-10(8-12-5-4-6-18-12)14(20-3)13(9-11)19-2/h7,9,12,18H,4-6,8H2,1-3H3. The van der Waals surface area contributed by atoms with Gasteiger partial charge in [0.15, 0.2) is 11.5 Å². The zero-order valence-electron chi connectivity index (χ0n) is 12.1. The zero-order valence-corrected chi connectivity index (χ0v) is 12.1. The van der Waals surface area contributed by atoms with Crippen molar-refractivity contribution in [1.82, 2.24) is 5.32 Å². The monoisotopic (exact) mass is 285 g/mol. The molecule has 0 aromatic heterocycles. The number of benzene rings is 1. The highest BCUT2D eigenvalue weighted by atomic mass is 19.3. The predicted molar refractivity (Wildman–Crippen MR) is 73.8 cm³/mol. The summed E-state index contributed by atoms with van der Waals surface area (Å²) in [4.78, 5) is 0. The van der Waals surface area contributed by atoms with E-state index in [1.807, 2.05) is 0 Å². The highest BCUT2D eigenvalue weighted by Gasteiger charge is 2.28. The first-order valence-corrected chi connectivity index (χ1v) is 6.82. The number of nitrogens with one attached hydrogen (secondary N) is 1. The van der Waals surface area contributed by atoms with Crippen LogP contribution in [0.1, 0.15) is 30.9 Å². The van der Waals surface area contributed by atoms with E-state index >= 15 is 0 Å². The van der Waals surface area contributed by atoms with Gasteiger partial charge in [0.1, 0.15) is 0 Å². The molecule has 0 bridgehead atoms. The van der Waals surface area contributed by atoms with Crippen LogP contribution in [0.4, 0.5) is 8.78 Å². The first kappa shape index (κ1) is 15.0. The van der Waals surface area contributed by atoms with Crippen LogP contribution in [0, 0.1) is 0 Å². The topological polar surface area (TPSA) is 30.5 Å². The molecule has 112 valence electrons. The van der Waals surface area contributed by atoms with Gasteiger partial charge in [-0.1, -0.05) is 0 Å². The Balaban J connectivity index is 2.39. The van der Waals surface area contributed by atoms with Gasteiger partial charge >= 0.3 is 0 Å². The Morgan fingerprint density at radius 1 is 1.30 bits per heavy atom. The Kier molecular flexibility index (Phi) is 4.48. The Labute approximate surface area is 118 Å². The van der Waals surface area contributed by atoms with E-state index in [4.69, 9.17) is 9.47 Å².